The van der Waals surface area contributed by atoms with Gasteiger partial charge in [-0.05, 0) is 41.7 Å². The highest BCUT2D eigenvalue weighted by Gasteiger charge is 2.34. The van der Waals surface area contributed by atoms with Gasteiger partial charge in [0.05, 0.1) is 22.8 Å². The number of benzene rings is 3. The molecule has 1 aliphatic rings. The fraction of sp³-hybridized carbons (Fsp3) is 0.250. The topological polar surface area (TPSA) is 55.2 Å². The van der Waals surface area contributed by atoms with E-state index in [-0.39, 0.29) is 23.5 Å². The molecule has 172 valence electrons. The Hall–Kier alpha value is -3.38. The van der Waals surface area contributed by atoms with Crippen LogP contribution in [-0.2, 0) is 23.1 Å². The molecule has 1 amide bonds. The first-order valence-corrected chi connectivity index (χ1v) is 12.6. The van der Waals surface area contributed by atoms with E-state index in [0.29, 0.717) is 13.0 Å². The van der Waals surface area contributed by atoms with Gasteiger partial charge in [0.15, 0.2) is 10.9 Å². The summed E-state index contributed by atoms with van der Waals surface area (Å²) in [6.45, 7) is 0.638. The number of nitrogens with zero attached hydrogens (tertiary/aromatic N) is 3. The Bertz CT molecular complexity index is 1330. The number of carbonyl (C=O) groups is 2. The zero-order valence-corrected chi connectivity index (χ0v) is 20.0. The molecule has 1 unspecified atom stereocenters. The molecule has 1 aliphatic heterocycles. The maximum Gasteiger partial charge on any atom is 0.233 e. The molecule has 5 rings (SSSR count). The third kappa shape index (κ3) is 4.50. The molecule has 0 saturated carbocycles. The van der Waals surface area contributed by atoms with Gasteiger partial charge in [0.1, 0.15) is 0 Å². The van der Waals surface area contributed by atoms with Crippen LogP contribution in [0.2, 0.25) is 0 Å². The number of aromatic nitrogens is 2. The average Bonchev–Trinajstić information content (AvgIpc) is 3.49. The van der Waals surface area contributed by atoms with Crippen LogP contribution < -0.4 is 0 Å². The van der Waals surface area contributed by atoms with Crippen molar-refractivity contribution < 1.29 is 9.59 Å². The number of amides is 1. The van der Waals surface area contributed by atoms with Gasteiger partial charge >= 0.3 is 0 Å². The lowest BCUT2D eigenvalue weighted by Crippen LogP contribution is -2.42. The summed E-state index contributed by atoms with van der Waals surface area (Å²) in [5.74, 6) is 0.396. The van der Waals surface area contributed by atoms with Crippen LogP contribution in [0.4, 0.5) is 0 Å². The van der Waals surface area contributed by atoms with E-state index in [1.54, 1.807) is 4.90 Å². The summed E-state index contributed by atoms with van der Waals surface area (Å²) in [5.41, 5.74) is 5.15. The molecule has 2 heterocycles. The molecular formula is C28H27N3O2S. The minimum atomic E-state index is -0.350. The summed E-state index contributed by atoms with van der Waals surface area (Å²) in [7, 11) is 1.97. The lowest BCUT2D eigenvalue weighted by atomic mass is 9.94. The van der Waals surface area contributed by atoms with Crippen LogP contribution in [-0.4, -0.2) is 44.5 Å². The predicted molar refractivity (Wildman–Crippen MR) is 137 cm³/mol. The number of hydrogen-bond acceptors (Lipinski definition) is 4. The van der Waals surface area contributed by atoms with Gasteiger partial charge in [0, 0.05) is 20.0 Å². The molecule has 4 aromatic rings. The van der Waals surface area contributed by atoms with E-state index in [4.69, 9.17) is 0 Å². The summed E-state index contributed by atoms with van der Waals surface area (Å²) in [6, 6.07) is 25.8. The number of Topliss-reactive ketones (excluding diaryl/α,β-unsaturated/α-hetero) is 1. The molecule has 34 heavy (non-hydrogen) atoms. The smallest absolute Gasteiger partial charge is 0.233 e. The molecule has 1 fully saturated rings. The summed E-state index contributed by atoms with van der Waals surface area (Å²) in [4.78, 5) is 32.9. The second-order valence-corrected chi connectivity index (χ2v) is 9.58. The number of para-hydroxylation sites is 2. The van der Waals surface area contributed by atoms with Crippen molar-refractivity contribution >= 4 is 34.5 Å². The van der Waals surface area contributed by atoms with Crippen molar-refractivity contribution in [1.82, 2.24) is 14.5 Å². The number of carbonyl (C=O) groups excluding carboxylic acids is 2. The number of rotatable bonds is 7. The molecule has 1 aromatic heterocycles. The number of fused-ring (bicyclic) bond motifs is 1. The normalized spacial score (nSPS) is 15.7. The minimum Gasteiger partial charge on any atom is -0.332 e. The lowest BCUT2D eigenvalue weighted by Gasteiger charge is -2.24. The molecule has 3 aromatic carbocycles. The third-order valence-corrected chi connectivity index (χ3v) is 7.50. The Labute approximate surface area is 203 Å². The second-order valence-electron chi connectivity index (χ2n) is 8.64. The van der Waals surface area contributed by atoms with Gasteiger partial charge in [-0.25, -0.2) is 4.98 Å². The highest BCUT2D eigenvalue weighted by Crippen LogP contribution is 2.28. The Morgan fingerprint density at radius 2 is 1.71 bits per heavy atom. The van der Waals surface area contributed by atoms with Crippen LogP contribution in [0, 0.1) is 0 Å². The van der Waals surface area contributed by atoms with Crippen LogP contribution in [0.3, 0.4) is 0 Å². The van der Waals surface area contributed by atoms with Crippen LogP contribution in [0.25, 0.3) is 22.2 Å². The Morgan fingerprint density at radius 3 is 2.53 bits per heavy atom. The second kappa shape index (κ2) is 9.85. The highest BCUT2D eigenvalue weighted by atomic mass is 32.2. The number of aryl methyl sites for hydroxylation is 1. The highest BCUT2D eigenvalue weighted by molar-refractivity contribution is 7.99. The van der Waals surface area contributed by atoms with Gasteiger partial charge < -0.3 is 9.47 Å². The molecule has 0 radical (unpaired) electrons. The fourth-order valence-electron chi connectivity index (χ4n) is 4.74. The predicted octanol–water partition coefficient (Wildman–Crippen LogP) is 5.14. The van der Waals surface area contributed by atoms with Crippen LogP contribution >= 0.6 is 11.8 Å². The minimum absolute atomic E-state index is 0.00394. The zero-order chi connectivity index (χ0) is 23.5. The number of imidazole rings is 1. The maximum absolute atomic E-state index is 13.3. The number of likely N-dealkylation sites (tertiary alicyclic amines) is 1. The summed E-state index contributed by atoms with van der Waals surface area (Å²) in [5, 5.41) is 0.813. The summed E-state index contributed by atoms with van der Waals surface area (Å²) in [6.07, 6.45) is 1.92. The molecule has 6 heteroatoms. The molecule has 0 aliphatic carbocycles. The average molecular weight is 470 g/mol. The monoisotopic (exact) mass is 469 g/mol. The first kappa shape index (κ1) is 22.4. The van der Waals surface area contributed by atoms with Crippen molar-refractivity contribution in [2.24, 2.45) is 7.05 Å². The van der Waals surface area contributed by atoms with Crippen molar-refractivity contribution in [3.05, 3.63) is 84.4 Å². The van der Waals surface area contributed by atoms with Gasteiger partial charge in [-0.2, -0.15) is 0 Å². The quantitative estimate of drug-likeness (QED) is 0.352. The van der Waals surface area contributed by atoms with Crippen molar-refractivity contribution in [3.8, 4) is 11.1 Å². The molecule has 5 nitrogen and oxygen atoms in total. The molecule has 0 spiro atoms. The van der Waals surface area contributed by atoms with Gasteiger partial charge in [0.25, 0.3) is 0 Å². The lowest BCUT2D eigenvalue weighted by molar-refractivity contribution is -0.135. The zero-order valence-electron chi connectivity index (χ0n) is 19.2. The van der Waals surface area contributed by atoms with E-state index >= 15 is 0 Å². The largest absolute Gasteiger partial charge is 0.332 e. The Morgan fingerprint density at radius 1 is 0.971 bits per heavy atom. The van der Waals surface area contributed by atoms with E-state index < -0.39 is 0 Å². The van der Waals surface area contributed by atoms with Crippen molar-refractivity contribution in [2.75, 3.05) is 12.3 Å². The van der Waals surface area contributed by atoms with Gasteiger partial charge in [-0.1, -0.05) is 78.5 Å². The van der Waals surface area contributed by atoms with E-state index in [1.165, 1.54) is 11.8 Å². The SMILES string of the molecule is Cn1c(SCC(=O)N2CCCC2C(=O)Cc2ccccc2-c2ccccc2)nc2ccccc21. The maximum atomic E-state index is 13.3. The number of hydrogen-bond donors (Lipinski definition) is 0. The van der Waals surface area contributed by atoms with E-state index in [1.807, 2.05) is 72.3 Å². The first-order valence-electron chi connectivity index (χ1n) is 11.6. The summed E-state index contributed by atoms with van der Waals surface area (Å²) < 4.78 is 2.01. The standard InChI is InChI=1S/C28H27N3O2S/c1-30-24-15-8-7-14-23(24)29-28(30)34-19-27(33)31-17-9-16-25(31)26(32)18-21-12-5-6-13-22(21)20-10-3-2-4-11-20/h2-8,10-15,25H,9,16-19H2,1H3. The van der Waals surface area contributed by atoms with Gasteiger partial charge in [-0.3, -0.25) is 9.59 Å². The molecule has 1 atom stereocenters. The van der Waals surface area contributed by atoms with Crippen LogP contribution in [0.5, 0.6) is 0 Å². The van der Waals surface area contributed by atoms with E-state index in [9.17, 15) is 9.59 Å². The van der Waals surface area contributed by atoms with E-state index in [0.717, 1.165) is 45.7 Å². The molecule has 1 saturated heterocycles. The van der Waals surface area contributed by atoms with E-state index in [2.05, 4.69) is 23.2 Å². The van der Waals surface area contributed by atoms with Crippen LogP contribution in [0.15, 0.2) is 84.0 Å². The van der Waals surface area contributed by atoms with Crippen molar-refractivity contribution in [2.45, 2.75) is 30.5 Å². The van der Waals surface area contributed by atoms with Gasteiger partial charge in [-0.15, -0.1) is 0 Å². The fourth-order valence-corrected chi connectivity index (χ4v) is 5.61. The first-order chi connectivity index (χ1) is 16.6. The molecule has 0 N–H and O–H groups in total. The number of ketones is 1. The van der Waals surface area contributed by atoms with Crippen molar-refractivity contribution in [1.29, 1.82) is 0 Å². The number of thioether (sulfide) groups is 1. The molecule has 0 bridgehead atoms. The third-order valence-electron chi connectivity index (χ3n) is 6.48. The Kier molecular flexibility index (Phi) is 6.50. The Balaban J connectivity index is 1.27. The van der Waals surface area contributed by atoms with Gasteiger partial charge in [0.2, 0.25) is 5.91 Å². The van der Waals surface area contributed by atoms with Crippen molar-refractivity contribution in [3.63, 3.8) is 0 Å². The summed E-state index contributed by atoms with van der Waals surface area (Å²) >= 11 is 1.43. The van der Waals surface area contributed by atoms with Crippen LogP contribution in [0.1, 0.15) is 18.4 Å². The molecular weight excluding hydrogens is 442 g/mol.